The minimum absolute atomic E-state index is 0.0384. The van der Waals surface area contributed by atoms with Crippen LogP contribution in [0.25, 0.3) is 11.3 Å². The smallest absolute Gasteiger partial charge is 0.416 e. The summed E-state index contributed by atoms with van der Waals surface area (Å²) >= 11 is 0. The van der Waals surface area contributed by atoms with Gasteiger partial charge in [0.25, 0.3) is 5.56 Å². The summed E-state index contributed by atoms with van der Waals surface area (Å²) in [6, 6.07) is 10.9. The van der Waals surface area contributed by atoms with Crippen LogP contribution in [0.4, 0.5) is 13.2 Å². The summed E-state index contributed by atoms with van der Waals surface area (Å²) in [5.41, 5.74) is -0.155. The van der Waals surface area contributed by atoms with Crippen LogP contribution in [0, 0.1) is 0 Å². The van der Waals surface area contributed by atoms with Gasteiger partial charge in [-0.1, -0.05) is 6.07 Å². The maximum absolute atomic E-state index is 12.7. The van der Waals surface area contributed by atoms with Gasteiger partial charge in [-0.05, 0) is 36.4 Å². The first kappa shape index (κ1) is 22.2. The summed E-state index contributed by atoms with van der Waals surface area (Å²) in [5, 5.41) is 2.54. The largest absolute Gasteiger partial charge is 0.492 e. The number of fused-ring (bicyclic) bond motifs is 1. The van der Waals surface area contributed by atoms with Crippen LogP contribution in [0.15, 0.2) is 59.7 Å². The number of halogens is 3. The molecule has 1 aliphatic rings. The molecular weight excluding hydrogens is 443 g/mol. The highest BCUT2D eigenvalue weighted by Crippen LogP contribution is 2.35. The number of carbonyl (C=O) groups excluding carboxylic acids is 1. The minimum atomic E-state index is -4.47. The SMILES string of the molecule is O=C(Cn1cnc(-c2ccc3c(c2)OCO3)cc1=O)NCCOc1cccc(C(F)(F)F)c1. The Morgan fingerprint density at radius 2 is 1.94 bits per heavy atom. The number of amides is 1. The van der Waals surface area contributed by atoms with Crippen molar-refractivity contribution in [3.05, 3.63) is 70.8 Å². The Labute approximate surface area is 185 Å². The van der Waals surface area contributed by atoms with Crippen LogP contribution in [0.5, 0.6) is 17.2 Å². The molecule has 0 fully saturated rings. The zero-order valence-electron chi connectivity index (χ0n) is 17.1. The van der Waals surface area contributed by atoms with Gasteiger partial charge in [0.2, 0.25) is 12.7 Å². The molecule has 0 saturated heterocycles. The Morgan fingerprint density at radius 3 is 2.73 bits per heavy atom. The van der Waals surface area contributed by atoms with Crippen molar-refractivity contribution in [2.75, 3.05) is 19.9 Å². The van der Waals surface area contributed by atoms with Crippen molar-refractivity contribution in [2.24, 2.45) is 0 Å². The van der Waals surface area contributed by atoms with E-state index in [0.29, 0.717) is 22.8 Å². The first-order valence-corrected chi connectivity index (χ1v) is 9.83. The summed E-state index contributed by atoms with van der Waals surface area (Å²) in [7, 11) is 0. The topological polar surface area (TPSA) is 91.7 Å². The van der Waals surface area contributed by atoms with Gasteiger partial charge in [0.05, 0.1) is 24.1 Å². The molecule has 1 amide bonds. The van der Waals surface area contributed by atoms with E-state index in [1.165, 1.54) is 24.5 Å². The highest BCUT2D eigenvalue weighted by Gasteiger charge is 2.30. The molecule has 1 aliphatic heterocycles. The van der Waals surface area contributed by atoms with Crippen molar-refractivity contribution in [2.45, 2.75) is 12.7 Å². The monoisotopic (exact) mass is 461 g/mol. The van der Waals surface area contributed by atoms with Gasteiger partial charge in [-0.15, -0.1) is 0 Å². The van der Waals surface area contributed by atoms with Crippen LogP contribution >= 0.6 is 0 Å². The van der Waals surface area contributed by atoms with Gasteiger partial charge in [-0.25, -0.2) is 4.98 Å². The van der Waals surface area contributed by atoms with Crippen LogP contribution in [0.1, 0.15) is 5.56 Å². The lowest BCUT2D eigenvalue weighted by Crippen LogP contribution is -2.34. The molecule has 0 radical (unpaired) electrons. The van der Waals surface area contributed by atoms with E-state index in [9.17, 15) is 22.8 Å². The number of aromatic nitrogens is 2. The number of nitrogens with one attached hydrogen (secondary N) is 1. The molecule has 0 aliphatic carbocycles. The molecule has 2 aromatic carbocycles. The van der Waals surface area contributed by atoms with E-state index in [1.54, 1.807) is 18.2 Å². The Balaban J connectivity index is 1.29. The summed E-state index contributed by atoms with van der Waals surface area (Å²) < 4.78 is 55.1. The molecule has 0 saturated carbocycles. The molecule has 33 heavy (non-hydrogen) atoms. The molecule has 3 aromatic rings. The van der Waals surface area contributed by atoms with Gasteiger partial charge < -0.3 is 19.5 Å². The molecule has 11 heteroatoms. The maximum atomic E-state index is 12.7. The van der Waals surface area contributed by atoms with Crippen molar-refractivity contribution in [3.8, 4) is 28.5 Å². The second-order valence-corrected chi connectivity index (χ2v) is 7.03. The van der Waals surface area contributed by atoms with Gasteiger partial charge in [0, 0.05) is 11.6 Å². The summed E-state index contributed by atoms with van der Waals surface area (Å²) in [6.07, 6.45) is -3.20. The average Bonchev–Trinajstić information content (AvgIpc) is 3.26. The number of benzene rings is 2. The molecule has 1 aromatic heterocycles. The number of ether oxygens (including phenoxy) is 3. The Kier molecular flexibility index (Phi) is 6.20. The maximum Gasteiger partial charge on any atom is 0.416 e. The lowest BCUT2D eigenvalue weighted by atomic mass is 10.1. The van der Waals surface area contributed by atoms with Gasteiger partial charge in [-0.3, -0.25) is 14.2 Å². The lowest BCUT2D eigenvalue weighted by Gasteiger charge is -2.11. The molecule has 0 spiro atoms. The quantitative estimate of drug-likeness (QED) is 0.544. The van der Waals surface area contributed by atoms with E-state index < -0.39 is 23.2 Å². The van der Waals surface area contributed by atoms with Crippen LogP contribution < -0.4 is 25.1 Å². The third-order valence-corrected chi connectivity index (χ3v) is 4.72. The number of carbonyl (C=O) groups is 1. The predicted octanol–water partition coefficient (Wildman–Crippen LogP) is 2.85. The molecule has 4 rings (SSSR count). The summed E-state index contributed by atoms with van der Waals surface area (Å²) in [5.74, 6) is 0.743. The van der Waals surface area contributed by atoms with Gasteiger partial charge in [0.15, 0.2) is 11.5 Å². The van der Waals surface area contributed by atoms with Crippen LogP contribution in [-0.2, 0) is 17.5 Å². The van der Waals surface area contributed by atoms with Crippen LogP contribution in [0.3, 0.4) is 0 Å². The molecule has 0 bridgehead atoms. The van der Waals surface area contributed by atoms with Crippen molar-refractivity contribution < 1.29 is 32.2 Å². The predicted molar refractivity (Wildman–Crippen MR) is 110 cm³/mol. The van der Waals surface area contributed by atoms with Crippen LogP contribution in [-0.4, -0.2) is 35.4 Å². The second-order valence-electron chi connectivity index (χ2n) is 7.03. The first-order valence-electron chi connectivity index (χ1n) is 9.83. The highest BCUT2D eigenvalue weighted by atomic mass is 19.4. The highest BCUT2D eigenvalue weighted by molar-refractivity contribution is 5.75. The number of nitrogens with zero attached hydrogens (tertiary/aromatic N) is 2. The molecule has 8 nitrogen and oxygen atoms in total. The fourth-order valence-corrected chi connectivity index (χ4v) is 3.09. The van der Waals surface area contributed by atoms with Gasteiger partial charge >= 0.3 is 6.18 Å². The zero-order chi connectivity index (χ0) is 23.4. The van der Waals surface area contributed by atoms with E-state index in [1.807, 2.05) is 0 Å². The molecular formula is C22H18F3N3O5. The normalized spacial score (nSPS) is 12.5. The number of hydrogen-bond acceptors (Lipinski definition) is 6. The fraction of sp³-hybridized carbons (Fsp3) is 0.227. The van der Waals surface area contributed by atoms with Gasteiger partial charge in [-0.2, -0.15) is 13.2 Å². The fourth-order valence-electron chi connectivity index (χ4n) is 3.09. The lowest BCUT2D eigenvalue weighted by molar-refractivity contribution is -0.137. The average molecular weight is 461 g/mol. The molecule has 0 unspecified atom stereocenters. The van der Waals surface area contributed by atoms with E-state index in [0.717, 1.165) is 16.7 Å². The van der Waals surface area contributed by atoms with Crippen molar-refractivity contribution in [1.82, 2.24) is 14.9 Å². The second kappa shape index (κ2) is 9.23. The number of hydrogen-bond donors (Lipinski definition) is 1. The Hall–Kier alpha value is -4.02. The third-order valence-electron chi connectivity index (χ3n) is 4.72. The minimum Gasteiger partial charge on any atom is -0.492 e. The van der Waals surface area contributed by atoms with Crippen molar-refractivity contribution in [1.29, 1.82) is 0 Å². The third kappa shape index (κ3) is 5.43. The molecule has 1 N–H and O–H groups in total. The van der Waals surface area contributed by atoms with E-state index in [-0.39, 0.29) is 32.2 Å². The standard InChI is InChI=1S/C22H18F3N3O5/c23-22(24,25)15-2-1-3-16(9-15)31-7-6-26-20(29)11-28-12-27-17(10-21(28)30)14-4-5-18-19(8-14)33-13-32-18/h1-5,8-10,12H,6-7,11,13H2,(H,26,29). The Bertz CT molecular complexity index is 1230. The summed E-state index contributed by atoms with van der Waals surface area (Å²) in [4.78, 5) is 28.7. The van der Waals surface area contributed by atoms with Gasteiger partial charge in [0.1, 0.15) is 18.9 Å². The summed E-state index contributed by atoms with van der Waals surface area (Å²) in [6.45, 7) is -0.124. The van der Waals surface area contributed by atoms with E-state index in [4.69, 9.17) is 14.2 Å². The zero-order valence-corrected chi connectivity index (χ0v) is 17.1. The molecule has 2 heterocycles. The number of rotatable bonds is 7. The molecule has 172 valence electrons. The number of alkyl halides is 3. The van der Waals surface area contributed by atoms with E-state index in [2.05, 4.69) is 10.3 Å². The molecule has 0 atom stereocenters. The first-order chi connectivity index (χ1) is 15.8. The van der Waals surface area contributed by atoms with Crippen LogP contribution in [0.2, 0.25) is 0 Å². The van der Waals surface area contributed by atoms with E-state index >= 15 is 0 Å². The Morgan fingerprint density at radius 1 is 1.12 bits per heavy atom. The van der Waals surface area contributed by atoms with Crippen molar-refractivity contribution in [3.63, 3.8) is 0 Å². The van der Waals surface area contributed by atoms with Crippen molar-refractivity contribution >= 4 is 5.91 Å².